The maximum Gasteiger partial charge on any atom is 0.261 e. The molecule has 9 heteroatoms. The van der Waals surface area contributed by atoms with Crippen LogP contribution in [-0.2, 0) is 10.0 Å². The maximum absolute atomic E-state index is 13.1. The number of rotatable bonds is 6. The zero-order valence-corrected chi connectivity index (χ0v) is 16.6. The molecule has 0 unspecified atom stereocenters. The monoisotopic (exact) mass is 425 g/mol. The Morgan fingerprint density at radius 2 is 1.77 bits per heavy atom. The van der Waals surface area contributed by atoms with Crippen molar-refractivity contribution in [3.8, 4) is 28.6 Å². The molecule has 30 heavy (non-hydrogen) atoms. The van der Waals surface area contributed by atoms with Gasteiger partial charge in [0.15, 0.2) is 0 Å². The highest BCUT2D eigenvalue weighted by Gasteiger charge is 2.17. The number of benzene rings is 3. The number of methoxy groups -OCH3 is 1. The fourth-order valence-corrected chi connectivity index (χ4v) is 3.87. The van der Waals surface area contributed by atoms with Crippen molar-refractivity contribution in [1.29, 1.82) is 0 Å². The van der Waals surface area contributed by atoms with Gasteiger partial charge in [0.2, 0.25) is 5.82 Å². The van der Waals surface area contributed by atoms with Crippen LogP contribution in [0.25, 0.3) is 22.8 Å². The van der Waals surface area contributed by atoms with Crippen molar-refractivity contribution < 1.29 is 22.1 Å². The average Bonchev–Trinajstić information content (AvgIpc) is 3.24. The first-order chi connectivity index (χ1) is 14.5. The van der Waals surface area contributed by atoms with E-state index in [0.717, 1.165) is 12.1 Å². The van der Waals surface area contributed by atoms with Gasteiger partial charge in [-0.2, -0.15) is 4.98 Å². The third-order valence-electron chi connectivity index (χ3n) is 4.26. The Hall–Kier alpha value is -3.72. The van der Waals surface area contributed by atoms with Gasteiger partial charge in [0.25, 0.3) is 15.9 Å². The number of nitrogens with zero attached hydrogens (tertiary/aromatic N) is 2. The van der Waals surface area contributed by atoms with Gasteiger partial charge in [0.05, 0.1) is 17.6 Å². The molecule has 0 spiro atoms. The molecule has 4 rings (SSSR count). The third kappa shape index (κ3) is 4.01. The summed E-state index contributed by atoms with van der Waals surface area (Å²) in [5.74, 6) is 0.655. The first-order valence-electron chi connectivity index (χ1n) is 8.82. The molecule has 4 aromatic rings. The summed E-state index contributed by atoms with van der Waals surface area (Å²) in [6.07, 6.45) is 0. The van der Waals surface area contributed by atoms with Crippen LogP contribution in [0.3, 0.4) is 0 Å². The minimum atomic E-state index is -3.88. The van der Waals surface area contributed by atoms with E-state index < -0.39 is 15.8 Å². The van der Waals surface area contributed by atoms with Gasteiger partial charge in [-0.05, 0) is 54.6 Å². The van der Waals surface area contributed by atoms with E-state index in [-0.39, 0.29) is 10.8 Å². The highest BCUT2D eigenvalue weighted by Crippen LogP contribution is 2.30. The minimum absolute atomic E-state index is 0.0504. The molecule has 0 amide bonds. The lowest BCUT2D eigenvalue weighted by Crippen LogP contribution is -2.12. The van der Waals surface area contributed by atoms with Crippen molar-refractivity contribution in [2.24, 2.45) is 0 Å². The summed E-state index contributed by atoms with van der Waals surface area (Å²) in [4.78, 5) is 4.34. The summed E-state index contributed by atoms with van der Waals surface area (Å²) < 4.78 is 51.2. The summed E-state index contributed by atoms with van der Waals surface area (Å²) >= 11 is 0. The lowest BCUT2D eigenvalue weighted by molar-refractivity contribution is 0.413. The van der Waals surface area contributed by atoms with Gasteiger partial charge in [-0.25, -0.2) is 12.8 Å². The number of nitrogens with one attached hydrogen (secondary N) is 1. The zero-order valence-electron chi connectivity index (χ0n) is 15.7. The number of ether oxygens (including phenoxy) is 1. The Kier molecular flexibility index (Phi) is 5.20. The average molecular weight is 425 g/mol. The van der Waals surface area contributed by atoms with E-state index in [2.05, 4.69) is 14.9 Å². The predicted octanol–water partition coefficient (Wildman–Crippen LogP) is 4.35. The van der Waals surface area contributed by atoms with Crippen molar-refractivity contribution in [3.63, 3.8) is 0 Å². The summed E-state index contributed by atoms with van der Waals surface area (Å²) in [5, 5.41) is 3.99. The molecule has 0 saturated carbocycles. The van der Waals surface area contributed by atoms with Crippen LogP contribution in [0.15, 0.2) is 82.2 Å². The van der Waals surface area contributed by atoms with Gasteiger partial charge < -0.3 is 9.26 Å². The minimum Gasteiger partial charge on any atom is -0.496 e. The molecule has 1 N–H and O–H groups in total. The van der Waals surface area contributed by atoms with Crippen LogP contribution < -0.4 is 9.46 Å². The van der Waals surface area contributed by atoms with Crippen LogP contribution in [0, 0.1) is 5.82 Å². The summed E-state index contributed by atoms with van der Waals surface area (Å²) in [5.41, 5.74) is 1.50. The fourth-order valence-electron chi connectivity index (χ4n) is 2.82. The van der Waals surface area contributed by atoms with E-state index in [1.807, 2.05) is 12.1 Å². The molecule has 0 radical (unpaired) electrons. The number of aromatic nitrogens is 2. The molecule has 0 saturated heterocycles. The standard InChI is InChI=1S/C21H16FN3O4S/c1-28-19-8-3-2-7-18(19)20-23-21(29-24-20)14-5-4-6-16(13-14)25-30(26,27)17-11-9-15(22)10-12-17/h2-13,25H,1H3. The molecule has 3 aromatic carbocycles. The summed E-state index contributed by atoms with van der Waals surface area (Å²) in [6.45, 7) is 0. The SMILES string of the molecule is COc1ccccc1-c1noc(-c2cccc(NS(=O)(=O)c3ccc(F)cc3)c2)n1. The molecule has 0 aliphatic carbocycles. The number of halogens is 1. The molecule has 0 aliphatic rings. The van der Waals surface area contributed by atoms with Crippen molar-refractivity contribution in [1.82, 2.24) is 10.1 Å². The van der Waals surface area contributed by atoms with Crippen molar-refractivity contribution in [2.75, 3.05) is 11.8 Å². The number of anilines is 1. The van der Waals surface area contributed by atoms with Crippen molar-refractivity contribution >= 4 is 15.7 Å². The highest BCUT2D eigenvalue weighted by atomic mass is 32.2. The first-order valence-corrected chi connectivity index (χ1v) is 10.3. The van der Waals surface area contributed by atoms with E-state index in [1.54, 1.807) is 43.5 Å². The largest absolute Gasteiger partial charge is 0.496 e. The number of hydrogen-bond donors (Lipinski definition) is 1. The van der Waals surface area contributed by atoms with Crippen LogP contribution in [-0.4, -0.2) is 25.7 Å². The lowest BCUT2D eigenvalue weighted by Gasteiger charge is -2.08. The van der Waals surface area contributed by atoms with Gasteiger partial charge in [-0.15, -0.1) is 0 Å². The Bertz CT molecular complexity index is 1290. The normalized spacial score (nSPS) is 11.3. The van der Waals surface area contributed by atoms with E-state index >= 15 is 0 Å². The van der Waals surface area contributed by atoms with Gasteiger partial charge >= 0.3 is 0 Å². The first kappa shape index (κ1) is 19.6. The summed E-state index contributed by atoms with van der Waals surface area (Å²) in [7, 11) is -2.32. The van der Waals surface area contributed by atoms with Crippen molar-refractivity contribution in [2.45, 2.75) is 4.90 Å². The Morgan fingerprint density at radius 1 is 1.00 bits per heavy atom. The fraction of sp³-hybridized carbons (Fsp3) is 0.0476. The topological polar surface area (TPSA) is 94.3 Å². The molecule has 0 fully saturated rings. The maximum atomic E-state index is 13.1. The van der Waals surface area contributed by atoms with Crippen LogP contribution in [0.1, 0.15) is 0 Å². The number of sulfonamides is 1. The molecule has 0 aliphatic heterocycles. The van der Waals surface area contributed by atoms with E-state index in [1.165, 1.54) is 12.1 Å². The smallest absolute Gasteiger partial charge is 0.261 e. The van der Waals surface area contributed by atoms with Crippen LogP contribution in [0.2, 0.25) is 0 Å². The second-order valence-electron chi connectivity index (χ2n) is 6.26. The highest BCUT2D eigenvalue weighted by molar-refractivity contribution is 7.92. The van der Waals surface area contributed by atoms with Gasteiger partial charge in [0, 0.05) is 11.3 Å². The van der Waals surface area contributed by atoms with Crippen LogP contribution >= 0.6 is 0 Å². The van der Waals surface area contributed by atoms with Crippen molar-refractivity contribution in [3.05, 3.63) is 78.6 Å². The third-order valence-corrected chi connectivity index (χ3v) is 5.66. The molecule has 1 aromatic heterocycles. The van der Waals surface area contributed by atoms with E-state index in [4.69, 9.17) is 9.26 Å². The molecular weight excluding hydrogens is 409 g/mol. The zero-order chi connectivity index (χ0) is 21.1. The Morgan fingerprint density at radius 3 is 2.53 bits per heavy atom. The van der Waals surface area contributed by atoms with Crippen LogP contribution in [0.5, 0.6) is 5.75 Å². The van der Waals surface area contributed by atoms with Gasteiger partial charge in [-0.1, -0.05) is 23.4 Å². The molecule has 1 heterocycles. The number of hydrogen-bond acceptors (Lipinski definition) is 6. The molecular formula is C21H16FN3O4S. The molecule has 0 bridgehead atoms. The predicted molar refractivity (Wildman–Crippen MR) is 109 cm³/mol. The lowest BCUT2D eigenvalue weighted by atomic mass is 10.2. The quantitative estimate of drug-likeness (QED) is 0.494. The number of para-hydroxylation sites is 1. The van der Waals surface area contributed by atoms with Gasteiger partial charge in [-0.3, -0.25) is 4.72 Å². The van der Waals surface area contributed by atoms with E-state index in [0.29, 0.717) is 28.4 Å². The van der Waals surface area contributed by atoms with Crippen LogP contribution in [0.4, 0.5) is 10.1 Å². The molecule has 152 valence electrons. The van der Waals surface area contributed by atoms with Gasteiger partial charge in [0.1, 0.15) is 11.6 Å². The second-order valence-corrected chi connectivity index (χ2v) is 7.95. The summed E-state index contributed by atoms with van der Waals surface area (Å²) in [6, 6.07) is 18.3. The Balaban J connectivity index is 1.61. The second kappa shape index (κ2) is 7.96. The molecule has 0 atom stereocenters. The van der Waals surface area contributed by atoms with E-state index in [9.17, 15) is 12.8 Å². The molecule has 7 nitrogen and oxygen atoms in total. The Labute approximate surface area is 172 Å².